The lowest BCUT2D eigenvalue weighted by atomic mass is 9.88. The summed E-state index contributed by atoms with van der Waals surface area (Å²) in [5.41, 5.74) is 0.491. The van der Waals surface area contributed by atoms with E-state index in [1.807, 2.05) is 12.1 Å². The minimum absolute atomic E-state index is 0.718. The molecule has 2 fully saturated rings. The van der Waals surface area contributed by atoms with Gasteiger partial charge in [-0.1, -0.05) is 17.7 Å². The Kier molecular flexibility index (Phi) is 3.76. The molecular weight excluding hydrogens is 322 g/mol. The van der Waals surface area contributed by atoms with E-state index in [9.17, 15) is 5.11 Å². The van der Waals surface area contributed by atoms with Crippen molar-refractivity contribution in [3.63, 3.8) is 0 Å². The Morgan fingerprint density at radius 2 is 1.57 bits per heavy atom. The molecule has 2 atom stereocenters. The molecule has 0 aromatic carbocycles. The first-order chi connectivity index (χ1) is 11.0. The van der Waals surface area contributed by atoms with E-state index < -0.39 is 5.60 Å². The Balaban J connectivity index is 1.72. The van der Waals surface area contributed by atoms with Gasteiger partial charge in [0.05, 0.1) is 26.2 Å². The first kappa shape index (κ1) is 15.6. The number of thiophene rings is 2. The maximum absolute atomic E-state index is 11.5. The average molecular weight is 347 g/mol. The third-order valence-electron chi connectivity index (χ3n) is 5.92. The monoisotopic (exact) mass is 346 g/mol. The highest BCUT2D eigenvalue weighted by molar-refractivity contribution is 7.11. The fraction of sp³-hybridized carbons (Fsp3) is 0.474. The molecule has 0 spiro atoms. The summed E-state index contributed by atoms with van der Waals surface area (Å²) in [6, 6.07) is 9.60. The van der Waals surface area contributed by atoms with E-state index in [0.29, 0.717) is 0 Å². The molecule has 2 aromatic rings. The second-order valence-electron chi connectivity index (χ2n) is 7.45. The largest absolute Gasteiger partial charge is 0.375 e. The molecular formula is C19H24NOS2+. The zero-order valence-corrected chi connectivity index (χ0v) is 15.4. The topological polar surface area (TPSA) is 20.2 Å². The summed E-state index contributed by atoms with van der Waals surface area (Å²) >= 11 is 3.28. The lowest BCUT2D eigenvalue weighted by Crippen LogP contribution is -2.53. The Morgan fingerprint density at radius 3 is 2.00 bits per heavy atom. The summed E-state index contributed by atoms with van der Waals surface area (Å²) in [5, 5.41) is 15.7. The summed E-state index contributed by atoms with van der Waals surface area (Å²) < 4.78 is 1.16. The lowest BCUT2D eigenvalue weighted by Gasteiger charge is -2.42. The van der Waals surface area contributed by atoms with Gasteiger partial charge >= 0.3 is 0 Å². The fourth-order valence-corrected chi connectivity index (χ4v) is 6.06. The van der Waals surface area contributed by atoms with Gasteiger partial charge in [0.25, 0.3) is 0 Å². The smallest absolute Gasteiger partial charge is 0.152 e. The van der Waals surface area contributed by atoms with E-state index in [1.54, 1.807) is 22.7 Å². The Morgan fingerprint density at radius 1 is 1.04 bits per heavy atom. The Bertz CT molecular complexity index is 648. The van der Waals surface area contributed by atoms with Crippen molar-refractivity contribution >= 4 is 22.7 Å². The summed E-state index contributed by atoms with van der Waals surface area (Å²) in [7, 11) is 4.76. The molecule has 2 bridgehead atoms. The molecule has 122 valence electrons. The molecule has 2 nitrogen and oxygen atoms in total. The molecule has 4 rings (SSSR count). The van der Waals surface area contributed by atoms with Crippen LogP contribution in [0, 0.1) is 0 Å². The molecule has 0 amide bonds. The minimum atomic E-state index is -0.953. The van der Waals surface area contributed by atoms with Crippen LogP contribution in [0.15, 0.2) is 46.7 Å². The molecule has 2 saturated heterocycles. The molecule has 0 aliphatic carbocycles. The van der Waals surface area contributed by atoms with Crippen molar-refractivity contribution in [1.29, 1.82) is 0 Å². The third-order valence-corrected chi connectivity index (χ3v) is 7.91. The number of hydrogen-bond donors (Lipinski definition) is 1. The van der Waals surface area contributed by atoms with Gasteiger partial charge in [-0.3, -0.25) is 0 Å². The quantitative estimate of drug-likeness (QED) is 0.646. The SMILES string of the molecule is C[N+]1(C)C2CCC1CC(=CC(O)(c1cccs1)c1cccs1)C2. The molecule has 4 heteroatoms. The highest BCUT2D eigenvalue weighted by atomic mass is 32.1. The van der Waals surface area contributed by atoms with Crippen LogP contribution in [0.25, 0.3) is 0 Å². The molecule has 2 aliphatic rings. The predicted molar refractivity (Wildman–Crippen MR) is 97.9 cm³/mol. The van der Waals surface area contributed by atoms with Gasteiger partial charge in [-0.25, -0.2) is 0 Å². The van der Waals surface area contributed by atoms with Crippen LogP contribution in [0.5, 0.6) is 0 Å². The van der Waals surface area contributed by atoms with Gasteiger partial charge < -0.3 is 9.59 Å². The summed E-state index contributed by atoms with van der Waals surface area (Å²) in [4.78, 5) is 2.05. The summed E-state index contributed by atoms with van der Waals surface area (Å²) in [6.07, 6.45) is 7.08. The van der Waals surface area contributed by atoms with Crippen molar-refractivity contribution in [2.24, 2.45) is 0 Å². The van der Waals surface area contributed by atoms with Crippen molar-refractivity contribution < 1.29 is 9.59 Å². The molecule has 2 unspecified atom stereocenters. The van der Waals surface area contributed by atoms with E-state index in [2.05, 4.69) is 43.1 Å². The van der Waals surface area contributed by atoms with Gasteiger partial charge in [0.2, 0.25) is 0 Å². The highest BCUT2D eigenvalue weighted by Crippen LogP contribution is 2.45. The van der Waals surface area contributed by atoms with Gasteiger partial charge in [0, 0.05) is 35.4 Å². The van der Waals surface area contributed by atoms with Crippen LogP contribution in [0.4, 0.5) is 0 Å². The molecule has 1 N–H and O–H groups in total. The number of quaternary nitrogens is 1. The maximum Gasteiger partial charge on any atom is 0.152 e. The van der Waals surface area contributed by atoms with Crippen molar-refractivity contribution in [2.45, 2.75) is 43.4 Å². The highest BCUT2D eigenvalue weighted by Gasteiger charge is 2.47. The lowest BCUT2D eigenvalue weighted by molar-refractivity contribution is -0.928. The second kappa shape index (κ2) is 5.55. The Labute approximate surface area is 146 Å². The van der Waals surface area contributed by atoms with Crippen LogP contribution >= 0.6 is 22.7 Å². The van der Waals surface area contributed by atoms with Crippen molar-refractivity contribution in [1.82, 2.24) is 0 Å². The van der Waals surface area contributed by atoms with E-state index in [0.717, 1.165) is 39.2 Å². The third kappa shape index (κ3) is 2.52. The molecule has 0 radical (unpaired) electrons. The molecule has 0 saturated carbocycles. The van der Waals surface area contributed by atoms with Crippen molar-refractivity contribution in [3.8, 4) is 0 Å². The van der Waals surface area contributed by atoms with Crippen molar-refractivity contribution in [3.05, 3.63) is 56.4 Å². The first-order valence-electron chi connectivity index (χ1n) is 8.34. The van der Waals surface area contributed by atoms with Gasteiger partial charge in [-0.2, -0.15) is 0 Å². The normalized spacial score (nSPS) is 26.5. The van der Waals surface area contributed by atoms with Crippen LogP contribution in [-0.4, -0.2) is 35.8 Å². The van der Waals surface area contributed by atoms with Crippen LogP contribution in [0.2, 0.25) is 0 Å². The predicted octanol–water partition coefficient (Wildman–Crippen LogP) is 4.37. The summed E-state index contributed by atoms with van der Waals surface area (Å²) in [5.74, 6) is 0. The molecule has 23 heavy (non-hydrogen) atoms. The van der Waals surface area contributed by atoms with Crippen LogP contribution < -0.4 is 0 Å². The average Bonchev–Trinajstić information content (AvgIpc) is 3.22. The van der Waals surface area contributed by atoms with Crippen LogP contribution in [0.3, 0.4) is 0 Å². The number of piperidine rings is 1. The van der Waals surface area contributed by atoms with Crippen LogP contribution in [-0.2, 0) is 5.60 Å². The second-order valence-corrected chi connectivity index (χ2v) is 9.34. The maximum atomic E-state index is 11.5. The number of nitrogens with zero attached hydrogens (tertiary/aromatic N) is 1. The minimum Gasteiger partial charge on any atom is -0.375 e. The fourth-order valence-electron chi connectivity index (χ4n) is 4.38. The number of aliphatic hydroxyl groups is 1. The van der Waals surface area contributed by atoms with Crippen molar-refractivity contribution in [2.75, 3.05) is 14.1 Å². The van der Waals surface area contributed by atoms with E-state index in [1.165, 1.54) is 18.4 Å². The number of rotatable bonds is 3. The zero-order valence-electron chi connectivity index (χ0n) is 13.7. The van der Waals surface area contributed by atoms with E-state index in [4.69, 9.17) is 0 Å². The zero-order chi connectivity index (χ0) is 16.1. The Hall–Kier alpha value is -0.940. The van der Waals surface area contributed by atoms with Crippen LogP contribution in [0.1, 0.15) is 35.4 Å². The van der Waals surface area contributed by atoms with Gasteiger partial charge in [0.1, 0.15) is 0 Å². The molecule has 2 aliphatic heterocycles. The number of fused-ring (bicyclic) bond motifs is 2. The molecule has 4 heterocycles. The van der Waals surface area contributed by atoms with Gasteiger partial charge in [-0.15, -0.1) is 22.7 Å². The van der Waals surface area contributed by atoms with Gasteiger partial charge in [0.15, 0.2) is 5.60 Å². The first-order valence-corrected chi connectivity index (χ1v) is 10.1. The van der Waals surface area contributed by atoms with E-state index >= 15 is 0 Å². The molecule has 2 aromatic heterocycles. The summed E-state index contributed by atoms with van der Waals surface area (Å²) in [6.45, 7) is 0. The standard InChI is InChI=1S/C19H24NOS2/c1-20(2)15-7-8-16(20)12-14(11-15)13-19(21,17-5-3-9-22-17)18-6-4-10-23-18/h3-6,9-10,13,15-16,21H,7-8,11-12H2,1-2H3/q+1. The number of hydrogen-bond acceptors (Lipinski definition) is 3. The van der Waals surface area contributed by atoms with E-state index in [-0.39, 0.29) is 0 Å². The van der Waals surface area contributed by atoms with Gasteiger partial charge in [-0.05, 0) is 29.0 Å².